The Morgan fingerprint density at radius 3 is 2.88 bits per heavy atom. The van der Waals surface area contributed by atoms with Gasteiger partial charge in [-0.3, -0.25) is 9.63 Å². The number of piperidine rings is 1. The Morgan fingerprint density at radius 2 is 2.08 bits per heavy atom. The monoisotopic (exact) mass is 332 g/mol. The third kappa shape index (κ3) is 3.23. The van der Waals surface area contributed by atoms with E-state index >= 15 is 0 Å². The van der Waals surface area contributed by atoms with E-state index in [0.29, 0.717) is 25.7 Å². The van der Waals surface area contributed by atoms with Crippen molar-refractivity contribution in [2.45, 2.75) is 31.8 Å². The van der Waals surface area contributed by atoms with E-state index < -0.39 is 0 Å². The zero-order valence-corrected chi connectivity index (χ0v) is 13.8. The van der Waals surface area contributed by atoms with Crippen LogP contribution in [0.2, 0.25) is 0 Å². The zero-order chi connectivity index (χ0) is 16.4. The Kier molecular flexibility index (Phi) is 4.62. The van der Waals surface area contributed by atoms with E-state index in [2.05, 4.69) is 14.9 Å². The van der Waals surface area contributed by atoms with Gasteiger partial charge in [0.2, 0.25) is 5.95 Å². The first-order valence-electron chi connectivity index (χ1n) is 8.89. The first-order chi connectivity index (χ1) is 11.8. The Labute approximate surface area is 141 Å². The number of hydrogen-bond acceptors (Lipinski definition) is 6. The smallest absolute Gasteiger partial charge is 0.251 e. The Hall–Kier alpha value is -1.73. The summed E-state index contributed by atoms with van der Waals surface area (Å²) in [4.78, 5) is 29.1. The molecule has 4 heterocycles. The molecule has 1 aromatic rings. The van der Waals surface area contributed by atoms with Gasteiger partial charge in [-0.15, -0.1) is 0 Å². The molecule has 3 aliphatic rings. The van der Waals surface area contributed by atoms with Gasteiger partial charge in [0.25, 0.3) is 5.91 Å². The van der Waals surface area contributed by atoms with E-state index in [1.165, 1.54) is 0 Å². The molecule has 0 saturated carbocycles. The fourth-order valence-corrected chi connectivity index (χ4v) is 3.91. The van der Waals surface area contributed by atoms with Crippen molar-refractivity contribution < 1.29 is 14.4 Å². The summed E-state index contributed by atoms with van der Waals surface area (Å²) >= 11 is 0. The van der Waals surface area contributed by atoms with E-state index in [1.54, 1.807) is 17.5 Å². The van der Waals surface area contributed by atoms with Crippen LogP contribution in [0.3, 0.4) is 0 Å². The number of amides is 1. The molecule has 0 aliphatic carbocycles. The van der Waals surface area contributed by atoms with Crippen LogP contribution in [0.25, 0.3) is 0 Å². The van der Waals surface area contributed by atoms with Crippen molar-refractivity contribution in [3.05, 3.63) is 18.5 Å². The highest BCUT2D eigenvalue weighted by Crippen LogP contribution is 2.33. The maximum atomic E-state index is 12.7. The fourth-order valence-electron chi connectivity index (χ4n) is 3.91. The average Bonchev–Trinajstić information content (AvgIpc) is 2.68. The number of carbonyl (C=O) groups excluding carboxylic acids is 1. The quantitative estimate of drug-likeness (QED) is 0.812. The van der Waals surface area contributed by atoms with E-state index in [-0.39, 0.29) is 17.9 Å². The van der Waals surface area contributed by atoms with Gasteiger partial charge in [-0.1, -0.05) is 0 Å². The van der Waals surface area contributed by atoms with Crippen LogP contribution in [-0.4, -0.2) is 59.9 Å². The number of carbonyl (C=O) groups is 1. The van der Waals surface area contributed by atoms with Gasteiger partial charge in [0, 0.05) is 37.9 Å². The first-order valence-corrected chi connectivity index (χ1v) is 8.89. The lowest BCUT2D eigenvalue weighted by Gasteiger charge is -2.43. The topological polar surface area (TPSA) is 67.8 Å². The van der Waals surface area contributed by atoms with Crippen LogP contribution in [0.5, 0.6) is 0 Å². The van der Waals surface area contributed by atoms with Gasteiger partial charge in [0.1, 0.15) is 0 Å². The molecular formula is C17H24N4O3. The summed E-state index contributed by atoms with van der Waals surface area (Å²) in [5.41, 5.74) is 0. The van der Waals surface area contributed by atoms with Crippen LogP contribution in [0.4, 0.5) is 5.95 Å². The largest absolute Gasteiger partial charge is 0.377 e. The summed E-state index contributed by atoms with van der Waals surface area (Å²) in [7, 11) is 0. The zero-order valence-electron chi connectivity index (χ0n) is 13.8. The van der Waals surface area contributed by atoms with E-state index in [0.717, 1.165) is 44.7 Å². The molecule has 1 aromatic heterocycles. The molecule has 0 spiro atoms. The molecule has 0 N–H and O–H groups in total. The minimum absolute atomic E-state index is 0.0845. The molecule has 7 nitrogen and oxygen atoms in total. The summed E-state index contributed by atoms with van der Waals surface area (Å²) in [6, 6.07) is 1.83. The first kappa shape index (κ1) is 15.8. The van der Waals surface area contributed by atoms with Crippen molar-refractivity contribution in [1.29, 1.82) is 0 Å². The highest BCUT2D eigenvalue weighted by atomic mass is 16.7. The van der Waals surface area contributed by atoms with Crippen LogP contribution in [0.15, 0.2) is 18.5 Å². The Morgan fingerprint density at radius 1 is 1.21 bits per heavy atom. The van der Waals surface area contributed by atoms with Gasteiger partial charge in [0.05, 0.1) is 25.2 Å². The van der Waals surface area contributed by atoms with E-state index in [1.807, 2.05) is 6.07 Å². The summed E-state index contributed by atoms with van der Waals surface area (Å²) in [5.74, 6) is 1.10. The number of fused-ring (bicyclic) bond motifs is 1. The van der Waals surface area contributed by atoms with Gasteiger partial charge in [-0.2, -0.15) is 0 Å². The highest BCUT2D eigenvalue weighted by Gasteiger charge is 2.40. The molecule has 7 heteroatoms. The molecule has 0 bridgehead atoms. The second-order valence-corrected chi connectivity index (χ2v) is 6.83. The average molecular weight is 332 g/mol. The number of anilines is 1. The molecule has 4 rings (SSSR count). The number of nitrogens with zero attached hydrogens (tertiary/aromatic N) is 4. The van der Waals surface area contributed by atoms with Crippen LogP contribution in [0, 0.1) is 11.8 Å². The predicted molar refractivity (Wildman–Crippen MR) is 87.1 cm³/mol. The molecule has 24 heavy (non-hydrogen) atoms. The van der Waals surface area contributed by atoms with Crippen molar-refractivity contribution in [1.82, 2.24) is 15.0 Å². The molecule has 0 unspecified atom stereocenters. The number of hydroxylamine groups is 2. The molecule has 3 atom stereocenters. The standard InChI is InChI=1S/C17H24N4O3/c22-16(21-7-1-2-9-24-21)14-10-13-11-20(8-4-15(13)23-12-14)17-18-5-3-6-19-17/h3,5-6,13-15H,1-2,4,7-12H2/t13-,14-,15+/m0/s1. The minimum Gasteiger partial charge on any atom is -0.377 e. The molecule has 3 saturated heterocycles. The number of hydrogen-bond donors (Lipinski definition) is 0. The van der Waals surface area contributed by atoms with Crippen LogP contribution in [-0.2, 0) is 14.4 Å². The van der Waals surface area contributed by atoms with Crippen LogP contribution >= 0.6 is 0 Å². The van der Waals surface area contributed by atoms with Gasteiger partial charge in [0.15, 0.2) is 0 Å². The Bertz CT molecular complexity index is 564. The van der Waals surface area contributed by atoms with Crippen molar-refractivity contribution in [2.75, 3.05) is 37.7 Å². The molecule has 3 aliphatic heterocycles. The molecule has 130 valence electrons. The molecular weight excluding hydrogens is 308 g/mol. The third-order valence-electron chi connectivity index (χ3n) is 5.20. The van der Waals surface area contributed by atoms with Gasteiger partial charge in [-0.25, -0.2) is 15.0 Å². The second-order valence-electron chi connectivity index (χ2n) is 6.83. The summed E-state index contributed by atoms with van der Waals surface area (Å²) in [6.07, 6.45) is 7.65. The fraction of sp³-hybridized carbons (Fsp3) is 0.706. The van der Waals surface area contributed by atoms with Crippen molar-refractivity contribution >= 4 is 11.9 Å². The molecule has 3 fully saturated rings. The highest BCUT2D eigenvalue weighted by molar-refractivity contribution is 5.78. The lowest BCUT2D eigenvalue weighted by atomic mass is 9.83. The number of aromatic nitrogens is 2. The molecule has 0 radical (unpaired) electrons. The maximum Gasteiger partial charge on any atom is 0.251 e. The lowest BCUT2D eigenvalue weighted by molar-refractivity contribution is -0.207. The lowest BCUT2D eigenvalue weighted by Crippen LogP contribution is -2.51. The van der Waals surface area contributed by atoms with Crippen molar-refractivity contribution in [3.63, 3.8) is 0 Å². The summed E-state index contributed by atoms with van der Waals surface area (Å²) < 4.78 is 6.02. The van der Waals surface area contributed by atoms with Crippen LogP contribution < -0.4 is 4.90 Å². The minimum atomic E-state index is -0.0963. The number of rotatable bonds is 2. The second kappa shape index (κ2) is 7.03. The normalized spacial score (nSPS) is 30.8. The van der Waals surface area contributed by atoms with Gasteiger partial charge < -0.3 is 9.64 Å². The summed E-state index contributed by atoms with van der Waals surface area (Å²) in [6.45, 7) is 3.61. The molecule has 1 amide bonds. The van der Waals surface area contributed by atoms with Crippen molar-refractivity contribution in [2.24, 2.45) is 11.8 Å². The molecule has 0 aromatic carbocycles. The van der Waals surface area contributed by atoms with Crippen LogP contribution in [0.1, 0.15) is 25.7 Å². The SMILES string of the molecule is O=C([C@@H]1CO[C@@H]2CCN(c3ncccn3)C[C@@H]2C1)N1CCCCO1. The Balaban J connectivity index is 1.39. The maximum absolute atomic E-state index is 12.7. The van der Waals surface area contributed by atoms with Gasteiger partial charge >= 0.3 is 0 Å². The third-order valence-corrected chi connectivity index (χ3v) is 5.20. The van der Waals surface area contributed by atoms with Crippen molar-refractivity contribution in [3.8, 4) is 0 Å². The van der Waals surface area contributed by atoms with E-state index in [4.69, 9.17) is 9.57 Å². The van der Waals surface area contributed by atoms with E-state index in [9.17, 15) is 4.79 Å². The summed E-state index contributed by atoms with van der Waals surface area (Å²) in [5, 5.41) is 1.55. The number of ether oxygens (including phenoxy) is 1. The van der Waals surface area contributed by atoms with Gasteiger partial charge in [-0.05, 0) is 31.7 Å². The predicted octanol–water partition coefficient (Wildman–Crippen LogP) is 1.26.